The highest BCUT2D eigenvalue weighted by Gasteiger charge is 2.40. The van der Waals surface area contributed by atoms with Gasteiger partial charge < -0.3 is 9.47 Å². The predicted molar refractivity (Wildman–Crippen MR) is 184 cm³/mol. The van der Waals surface area contributed by atoms with Gasteiger partial charge in [-0.25, -0.2) is 0 Å². The molecule has 45 heavy (non-hydrogen) atoms. The lowest BCUT2D eigenvalue weighted by molar-refractivity contribution is 0.465. The number of aromatic nitrogens is 1. The second-order valence-electron chi connectivity index (χ2n) is 11.6. The van der Waals surface area contributed by atoms with E-state index in [1.807, 2.05) is 36.7 Å². The quantitative estimate of drug-likeness (QED) is 0.197. The molecule has 3 heterocycles. The maximum atomic E-state index is 6.78. The Morgan fingerprint density at radius 1 is 0.356 bits per heavy atom. The molecule has 0 bridgehead atoms. The van der Waals surface area contributed by atoms with E-state index in [4.69, 9.17) is 9.47 Å². The standard InChI is InChI=1S/C41H26BNO2/c1-3-8-27(9-4-1)32-14-16-35-37(23-32)44-39-25-34(31-13-7-12-30(22-31)29-18-20-43-21-19-29)26-40-41(39)42(35)36-17-15-33(24-38(36)45-40)28-10-5-2-6-11-28/h1-26H. The van der Waals surface area contributed by atoms with Gasteiger partial charge >= 0.3 is 0 Å². The molecule has 1 aromatic heterocycles. The van der Waals surface area contributed by atoms with Crippen LogP contribution in [0, 0.1) is 0 Å². The third-order valence-corrected chi connectivity index (χ3v) is 8.91. The first-order valence-corrected chi connectivity index (χ1v) is 15.2. The Balaban J connectivity index is 1.22. The summed E-state index contributed by atoms with van der Waals surface area (Å²) >= 11 is 0. The average Bonchev–Trinajstić information content (AvgIpc) is 3.12. The van der Waals surface area contributed by atoms with E-state index in [1.165, 1.54) is 0 Å². The van der Waals surface area contributed by atoms with Gasteiger partial charge in [0, 0.05) is 17.9 Å². The lowest BCUT2D eigenvalue weighted by atomic mass is 9.34. The molecule has 0 atom stereocenters. The molecule has 210 valence electrons. The highest BCUT2D eigenvalue weighted by molar-refractivity contribution is 6.98. The molecule has 0 saturated carbocycles. The summed E-state index contributed by atoms with van der Waals surface area (Å²) in [5, 5.41) is 0. The first-order chi connectivity index (χ1) is 22.3. The molecule has 0 radical (unpaired) electrons. The summed E-state index contributed by atoms with van der Waals surface area (Å²) in [6.07, 6.45) is 3.66. The average molecular weight is 575 g/mol. The molecule has 7 aromatic rings. The van der Waals surface area contributed by atoms with Crippen molar-refractivity contribution in [1.82, 2.24) is 4.98 Å². The van der Waals surface area contributed by atoms with Crippen molar-refractivity contribution in [3.63, 3.8) is 0 Å². The van der Waals surface area contributed by atoms with E-state index in [9.17, 15) is 0 Å². The third-order valence-electron chi connectivity index (χ3n) is 8.91. The highest BCUT2D eigenvalue weighted by atomic mass is 16.5. The zero-order valence-electron chi connectivity index (χ0n) is 24.4. The van der Waals surface area contributed by atoms with Crippen LogP contribution in [0.1, 0.15) is 0 Å². The van der Waals surface area contributed by atoms with E-state index in [0.29, 0.717) is 0 Å². The fourth-order valence-electron chi connectivity index (χ4n) is 6.70. The smallest absolute Gasteiger partial charge is 0.260 e. The number of nitrogens with zero attached hydrogens (tertiary/aromatic N) is 1. The first-order valence-electron chi connectivity index (χ1n) is 15.2. The van der Waals surface area contributed by atoms with Crippen molar-refractivity contribution >= 4 is 23.1 Å². The van der Waals surface area contributed by atoms with E-state index in [-0.39, 0.29) is 6.71 Å². The molecule has 2 aliphatic rings. The van der Waals surface area contributed by atoms with Gasteiger partial charge in [-0.1, -0.05) is 103 Å². The Labute approximate surface area is 262 Å². The van der Waals surface area contributed by atoms with Gasteiger partial charge in [0.1, 0.15) is 23.0 Å². The van der Waals surface area contributed by atoms with Crippen molar-refractivity contribution in [2.45, 2.75) is 0 Å². The number of hydrogen-bond acceptors (Lipinski definition) is 3. The molecule has 9 rings (SSSR count). The highest BCUT2D eigenvalue weighted by Crippen LogP contribution is 2.40. The van der Waals surface area contributed by atoms with Gasteiger partial charge in [0.2, 0.25) is 0 Å². The Hall–Kier alpha value is -5.87. The number of ether oxygens (including phenoxy) is 2. The van der Waals surface area contributed by atoms with Crippen LogP contribution in [0.15, 0.2) is 158 Å². The molecule has 4 heteroatoms. The van der Waals surface area contributed by atoms with Crippen molar-refractivity contribution in [3.8, 4) is 67.5 Å². The molecule has 0 N–H and O–H groups in total. The Bertz CT molecular complexity index is 2100. The monoisotopic (exact) mass is 575 g/mol. The van der Waals surface area contributed by atoms with Crippen molar-refractivity contribution < 1.29 is 9.47 Å². The van der Waals surface area contributed by atoms with Gasteiger partial charge in [0.25, 0.3) is 6.71 Å². The molecule has 0 saturated heterocycles. The minimum Gasteiger partial charge on any atom is -0.458 e. The number of hydrogen-bond donors (Lipinski definition) is 0. The molecule has 3 nitrogen and oxygen atoms in total. The van der Waals surface area contributed by atoms with Gasteiger partial charge in [0.05, 0.1) is 0 Å². The summed E-state index contributed by atoms with van der Waals surface area (Å²) in [7, 11) is 0. The van der Waals surface area contributed by atoms with Gasteiger partial charge in [-0.15, -0.1) is 0 Å². The fraction of sp³-hybridized carbons (Fsp3) is 0. The molecular weight excluding hydrogens is 549 g/mol. The Morgan fingerprint density at radius 2 is 0.800 bits per heavy atom. The van der Waals surface area contributed by atoms with Crippen LogP contribution in [0.25, 0.3) is 44.5 Å². The zero-order valence-corrected chi connectivity index (χ0v) is 24.4. The van der Waals surface area contributed by atoms with Gasteiger partial charge in [-0.2, -0.15) is 0 Å². The van der Waals surface area contributed by atoms with E-state index < -0.39 is 0 Å². The van der Waals surface area contributed by atoms with Gasteiger partial charge in [-0.05, 0) is 97.9 Å². The molecule has 0 aliphatic carbocycles. The largest absolute Gasteiger partial charge is 0.458 e. The maximum Gasteiger partial charge on any atom is 0.260 e. The second kappa shape index (κ2) is 10.4. The zero-order chi connectivity index (χ0) is 29.7. The molecule has 2 aliphatic heterocycles. The lowest BCUT2D eigenvalue weighted by Crippen LogP contribution is -2.57. The molecule has 0 unspecified atom stereocenters. The van der Waals surface area contributed by atoms with Gasteiger partial charge in [-0.3, -0.25) is 4.98 Å². The lowest BCUT2D eigenvalue weighted by Gasteiger charge is -2.34. The van der Waals surface area contributed by atoms with Crippen molar-refractivity contribution in [2.75, 3.05) is 0 Å². The van der Waals surface area contributed by atoms with Gasteiger partial charge in [0.15, 0.2) is 0 Å². The summed E-state index contributed by atoms with van der Waals surface area (Å²) in [5.41, 5.74) is 12.4. The van der Waals surface area contributed by atoms with Crippen LogP contribution < -0.4 is 25.9 Å². The first kappa shape index (κ1) is 25.6. The van der Waals surface area contributed by atoms with Crippen molar-refractivity contribution in [3.05, 3.63) is 158 Å². The van der Waals surface area contributed by atoms with E-state index >= 15 is 0 Å². The molecule has 0 amide bonds. The SMILES string of the molecule is c1ccc(-c2ccc3c(c2)Oc2cc(-c4cccc(-c5ccncc5)c4)cc4c2B3c2ccc(-c3ccccc3)cc2O4)cc1. The van der Waals surface area contributed by atoms with Crippen LogP contribution in [-0.4, -0.2) is 11.7 Å². The van der Waals surface area contributed by atoms with E-state index in [0.717, 1.165) is 83.9 Å². The maximum absolute atomic E-state index is 6.78. The Morgan fingerprint density at radius 3 is 1.36 bits per heavy atom. The summed E-state index contributed by atoms with van der Waals surface area (Å²) < 4.78 is 13.6. The molecule has 6 aromatic carbocycles. The predicted octanol–water partition coefficient (Wildman–Crippen LogP) is 8.48. The topological polar surface area (TPSA) is 31.4 Å². The molecule has 0 fully saturated rings. The minimum atomic E-state index is -0.00523. The van der Waals surface area contributed by atoms with Crippen LogP contribution >= 0.6 is 0 Å². The number of benzene rings is 6. The minimum absolute atomic E-state index is 0.00523. The number of fused-ring (bicyclic) bond motifs is 4. The van der Waals surface area contributed by atoms with Crippen LogP contribution in [0.2, 0.25) is 0 Å². The molecular formula is C41H26BNO2. The van der Waals surface area contributed by atoms with Crippen LogP contribution in [0.3, 0.4) is 0 Å². The second-order valence-corrected chi connectivity index (χ2v) is 11.6. The summed E-state index contributed by atoms with van der Waals surface area (Å²) in [4.78, 5) is 4.19. The van der Waals surface area contributed by atoms with Crippen molar-refractivity contribution in [1.29, 1.82) is 0 Å². The van der Waals surface area contributed by atoms with Crippen molar-refractivity contribution in [2.24, 2.45) is 0 Å². The van der Waals surface area contributed by atoms with E-state index in [1.54, 1.807) is 0 Å². The normalized spacial score (nSPS) is 12.3. The third kappa shape index (κ3) is 4.42. The van der Waals surface area contributed by atoms with Crippen LogP contribution in [0.4, 0.5) is 0 Å². The Kier molecular flexibility index (Phi) is 5.92. The van der Waals surface area contributed by atoms with Crippen LogP contribution in [0.5, 0.6) is 23.0 Å². The number of pyridine rings is 1. The summed E-state index contributed by atoms with van der Waals surface area (Å²) in [5.74, 6) is 3.42. The van der Waals surface area contributed by atoms with E-state index in [2.05, 4.69) is 126 Å². The summed E-state index contributed by atoms with van der Waals surface area (Å²) in [6.45, 7) is -0.00523. The molecule has 0 spiro atoms. The van der Waals surface area contributed by atoms with Crippen LogP contribution in [-0.2, 0) is 0 Å². The fourth-order valence-corrected chi connectivity index (χ4v) is 6.70. The summed E-state index contributed by atoms with van der Waals surface area (Å²) in [6, 6.07) is 51.1. The number of rotatable bonds is 4.